The highest BCUT2D eigenvalue weighted by molar-refractivity contribution is 7.16. The molecule has 2 heterocycles. The van der Waals surface area contributed by atoms with Crippen molar-refractivity contribution < 1.29 is 0 Å². The molecule has 2 aromatic heterocycles. The highest BCUT2D eigenvalue weighted by Gasteiger charge is 2.27. The predicted molar refractivity (Wildman–Crippen MR) is 88.6 cm³/mol. The molecule has 1 saturated carbocycles. The molecule has 2 aromatic rings. The molecular weight excluding hydrogens is 280 g/mol. The van der Waals surface area contributed by atoms with Gasteiger partial charge in [-0.25, -0.2) is 4.98 Å². The van der Waals surface area contributed by atoms with Crippen LogP contribution >= 0.6 is 11.3 Å². The predicted octanol–water partition coefficient (Wildman–Crippen LogP) is 4.08. The van der Waals surface area contributed by atoms with Gasteiger partial charge in [0.25, 0.3) is 0 Å². The van der Waals surface area contributed by atoms with Crippen LogP contribution in [-0.4, -0.2) is 14.8 Å². The van der Waals surface area contributed by atoms with Crippen molar-refractivity contribution in [1.82, 2.24) is 14.8 Å². The Morgan fingerprint density at radius 1 is 1.29 bits per heavy atom. The van der Waals surface area contributed by atoms with Gasteiger partial charge in [0.2, 0.25) is 0 Å². The Kier molecular flexibility index (Phi) is 3.56. The normalized spacial score (nSPS) is 16.8. The van der Waals surface area contributed by atoms with E-state index in [0.717, 1.165) is 22.0 Å². The smallest absolute Gasteiger partial charge is 0.114 e. The zero-order chi connectivity index (χ0) is 15.2. The van der Waals surface area contributed by atoms with Crippen LogP contribution in [0, 0.1) is 0 Å². The number of hydrogen-bond donors (Lipinski definition) is 1. The van der Waals surface area contributed by atoms with Crippen molar-refractivity contribution in [3.05, 3.63) is 16.9 Å². The van der Waals surface area contributed by atoms with E-state index < -0.39 is 0 Å². The number of nitrogens with two attached hydrogens (primary N) is 1. The molecule has 0 bridgehead atoms. The maximum atomic E-state index is 6.28. The number of aryl methyl sites for hydroxylation is 1. The molecule has 114 valence electrons. The molecule has 0 amide bonds. The van der Waals surface area contributed by atoms with E-state index in [4.69, 9.17) is 10.7 Å². The molecular formula is C16H24N4S. The molecule has 0 aliphatic heterocycles. The first-order valence-corrected chi connectivity index (χ1v) is 8.48. The first-order chi connectivity index (χ1) is 9.86. The van der Waals surface area contributed by atoms with E-state index in [9.17, 15) is 0 Å². The topological polar surface area (TPSA) is 56.7 Å². The van der Waals surface area contributed by atoms with Gasteiger partial charge in [-0.2, -0.15) is 5.10 Å². The van der Waals surface area contributed by atoms with Crippen LogP contribution in [0.5, 0.6) is 0 Å². The number of thiazole rings is 1. The van der Waals surface area contributed by atoms with Crippen LogP contribution in [0.2, 0.25) is 0 Å². The van der Waals surface area contributed by atoms with Gasteiger partial charge >= 0.3 is 0 Å². The highest BCUT2D eigenvalue weighted by Crippen LogP contribution is 2.42. The molecule has 3 rings (SSSR count). The summed E-state index contributed by atoms with van der Waals surface area (Å²) in [5.41, 5.74) is 9.35. The summed E-state index contributed by atoms with van der Waals surface area (Å²) < 4.78 is 1.87. The lowest BCUT2D eigenvalue weighted by Crippen LogP contribution is -2.14. The molecule has 1 aliphatic carbocycles. The van der Waals surface area contributed by atoms with Crippen molar-refractivity contribution in [3.63, 3.8) is 0 Å². The van der Waals surface area contributed by atoms with Gasteiger partial charge in [-0.3, -0.25) is 4.68 Å². The first-order valence-electron chi connectivity index (χ1n) is 7.67. The van der Waals surface area contributed by atoms with E-state index in [0.29, 0.717) is 5.92 Å². The lowest BCUT2D eigenvalue weighted by molar-refractivity contribution is 0.554. The molecule has 0 radical (unpaired) electrons. The number of rotatable bonds is 2. The standard InChI is InChI=1S/C16H24N4S/c1-16(2,3)13-11(9-20(4)19-13)12-14(17)21-15(18-12)10-7-5-6-8-10/h9-10H,5-8,17H2,1-4H3. The average molecular weight is 304 g/mol. The summed E-state index contributed by atoms with van der Waals surface area (Å²) in [6, 6.07) is 0. The maximum absolute atomic E-state index is 6.28. The second kappa shape index (κ2) is 5.13. The van der Waals surface area contributed by atoms with Crippen LogP contribution in [0.1, 0.15) is 63.1 Å². The van der Waals surface area contributed by atoms with Gasteiger partial charge < -0.3 is 5.73 Å². The van der Waals surface area contributed by atoms with Crippen molar-refractivity contribution in [2.24, 2.45) is 7.05 Å². The molecule has 0 aromatic carbocycles. The monoisotopic (exact) mass is 304 g/mol. The minimum absolute atomic E-state index is 0.0137. The molecule has 0 atom stereocenters. The highest BCUT2D eigenvalue weighted by atomic mass is 32.1. The number of nitrogen functional groups attached to an aromatic ring is 1. The third-order valence-corrected chi connectivity index (χ3v) is 5.22. The van der Waals surface area contributed by atoms with Crippen LogP contribution in [0.4, 0.5) is 5.00 Å². The molecule has 4 nitrogen and oxygen atoms in total. The van der Waals surface area contributed by atoms with Crippen LogP contribution in [-0.2, 0) is 12.5 Å². The Bertz CT molecular complexity index is 642. The third kappa shape index (κ3) is 2.71. The van der Waals surface area contributed by atoms with Crippen molar-refractivity contribution in [1.29, 1.82) is 0 Å². The first kappa shape index (κ1) is 14.6. The van der Waals surface area contributed by atoms with E-state index in [1.807, 2.05) is 17.9 Å². The second-order valence-electron chi connectivity index (χ2n) is 7.06. The molecule has 0 saturated heterocycles. The zero-order valence-corrected chi connectivity index (χ0v) is 14.1. The van der Waals surface area contributed by atoms with Crippen LogP contribution < -0.4 is 5.73 Å². The minimum atomic E-state index is -0.0137. The summed E-state index contributed by atoms with van der Waals surface area (Å²) in [4.78, 5) is 4.89. The van der Waals surface area contributed by atoms with Gasteiger partial charge in [-0.1, -0.05) is 33.6 Å². The Hall–Kier alpha value is -1.36. The molecule has 2 N–H and O–H groups in total. The van der Waals surface area contributed by atoms with E-state index >= 15 is 0 Å². The van der Waals surface area contributed by atoms with Crippen LogP contribution in [0.25, 0.3) is 11.3 Å². The Balaban J connectivity index is 2.05. The minimum Gasteiger partial charge on any atom is -0.389 e. The van der Waals surface area contributed by atoms with Crippen molar-refractivity contribution in [2.45, 2.75) is 57.8 Å². The quantitative estimate of drug-likeness (QED) is 0.909. The summed E-state index contributed by atoms with van der Waals surface area (Å²) in [6.45, 7) is 6.54. The van der Waals surface area contributed by atoms with E-state index in [-0.39, 0.29) is 5.41 Å². The molecule has 1 aliphatic rings. The third-order valence-electron chi connectivity index (χ3n) is 4.17. The van der Waals surface area contributed by atoms with Crippen LogP contribution in [0.15, 0.2) is 6.20 Å². The number of anilines is 1. The Labute approximate surface area is 130 Å². The summed E-state index contributed by atoms with van der Waals surface area (Å²) in [5.74, 6) is 0.612. The molecule has 0 unspecified atom stereocenters. The van der Waals surface area contributed by atoms with Gasteiger partial charge in [0.05, 0.1) is 10.7 Å². The van der Waals surface area contributed by atoms with Gasteiger partial charge in [-0.15, -0.1) is 11.3 Å². The number of nitrogens with zero attached hydrogens (tertiary/aromatic N) is 3. The number of aromatic nitrogens is 3. The van der Waals surface area contributed by atoms with Crippen molar-refractivity contribution in [3.8, 4) is 11.3 Å². The van der Waals surface area contributed by atoms with Gasteiger partial charge in [0, 0.05) is 30.1 Å². The Morgan fingerprint density at radius 2 is 1.95 bits per heavy atom. The average Bonchev–Trinajstić information content (AvgIpc) is 3.06. The fourth-order valence-electron chi connectivity index (χ4n) is 3.11. The van der Waals surface area contributed by atoms with Crippen molar-refractivity contribution in [2.75, 3.05) is 5.73 Å². The van der Waals surface area contributed by atoms with E-state index in [2.05, 4.69) is 25.9 Å². The fraction of sp³-hybridized carbons (Fsp3) is 0.625. The molecule has 1 fully saturated rings. The van der Waals surface area contributed by atoms with Crippen molar-refractivity contribution >= 4 is 16.3 Å². The lowest BCUT2D eigenvalue weighted by atomic mass is 9.89. The molecule has 0 spiro atoms. The lowest BCUT2D eigenvalue weighted by Gasteiger charge is -2.16. The largest absolute Gasteiger partial charge is 0.389 e. The molecule has 21 heavy (non-hydrogen) atoms. The summed E-state index contributed by atoms with van der Waals surface area (Å²) >= 11 is 1.66. The second-order valence-corrected chi connectivity index (χ2v) is 8.12. The molecule has 5 heteroatoms. The Morgan fingerprint density at radius 3 is 2.57 bits per heavy atom. The fourth-order valence-corrected chi connectivity index (χ4v) is 4.12. The van der Waals surface area contributed by atoms with E-state index in [1.54, 1.807) is 11.3 Å². The van der Waals surface area contributed by atoms with Gasteiger partial charge in [-0.05, 0) is 12.8 Å². The zero-order valence-electron chi connectivity index (χ0n) is 13.3. The van der Waals surface area contributed by atoms with Crippen LogP contribution in [0.3, 0.4) is 0 Å². The van der Waals surface area contributed by atoms with E-state index in [1.165, 1.54) is 30.7 Å². The summed E-state index contributed by atoms with van der Waals surface area (Å²) in [7, 11) is 1.96. The van der Waals surface area contributed by atoms with Gasteiger partial charge in [0.1, 0.15) is 10.7 Å². The van der Waals surface area contributed by atoms with Gasteiger partial charge in [0.15, 0.2) is 0 Å². The number of hydrogen-bond acceptors (Lipinski definition) is 4. The summed E-state index contributed by atoms with van der Waals surface area (Å²) in [5, 5.41) is 6.67. The SMILES string of the molecule is Cn1cc(-c2nc(C3CCCC3)sc2N)c(C(C)(C)C)n1. The maximum Gasteiger partial charge on any atom is 0.114 e. The summed E-state index contributed by atoms with van der Waals surface area (Å²) in [6.07, 6.45) is 7.20.